The molecule has 0 bridgehead atoms. The van der Waals surface area contributed by atoms with Gasteiger partial charge in [0.1, 0.15) is 5.54 Å². The second kappa shape index (κ2) is 6.61. The number of aliphatic carboxylic acids is 1. The van der Waals surface area contributed by atoms with Crippen LogP contribution in [0.1, 0.15) is 51.9 Å². The van der Waals surface area contributed by atoms with E-state index in [4.69, 9.17) is 0 Å². The summed E-state index contributed by atoms with van der Waals surface area (Å²) in [6.45, 7) is 2.63. The quantitative estimate of drug-likeness (QED) is 0.758. The van der Waals surface area contributed by atoms with Crippen molar-refractivity contribution in [2.24, 2.45) is 0 Å². The van der Waals surface area contributed by atoms with Crippen molar-refractivity contribution in [3.05, 3.63) is 0 Å². The summed E-state index contributed by atoms with van der Waals surface area (Å²) >= 11 is 0. The molecule has 1 rings (SSSR count). The number of carboxylic acids is 1. The molecule has 0 saturated heterocycles. The summed E-state index contributed by atoms with van der Waals surface area (Å²) in [6.07, 6.45) is 5.77. The van der Waals surface area contributed by atoms with Crippen molar-refractivity contribution in [1.82, 2.24) is 10.2 Å². The van der Waals surface area contributed by atoms with E-state index in [1.807, 2.05) is 6.92 Å². The van der Waals surface area contributed by atoms with E-state index in [2.05, 4.69) is 5.32 Å². The Bertz CT molecular complexity index is 297. The molecule has 0 heterocycles. The van der Waals surface area contributed by atoms with E-state index in [-0.39, 0.29) is 6.03 Å². The molecule has 0 atom stereocenters. The molecule has 1 saturated carbocycles. The van der Waals surface area contributed by atoms with Gasteiger partial charge in [-0.25, -0.2) is 9.59 Å². The summed E-state index contributed by atoms with van der Waals surface area (Å²) in [5, 5.41) is 12.2. The van der Waals surface area contributed by atoms with Gasteiger partial charge in [0, 0.05) is 13.6 Å². The highest BCUT2D eigenvalue weighted by molar-refractivity contribution is 5.86. The van der Waals surface area contributed by atoms with Gasteiger partial charge in [0.15, 0.2) is 0 Å². The molecule has 0 aliphatic heterocycles. The number of carboxylic acid groups (broad SMARTS) is 1. The minimum atomic E-state index is -1.06. The molecule has 0 unspecified atom stereocenters. The highest BCUT2D eigenvalue weighted by atomic mass is 16.4. The highest BCUT2D eigenvalue weighted by Crippen LogP contribution is 2.27. The van der Waals surface area contributed by atoms with E-state index < -0.39 is 11.5 Å². The van der Waals surface area contributed by atoms with Gasteiger partial charge >= 0.3 is 12.0 Å². The molecule has 18 heavy (non-hydrogen) atoms. The molecule has 0 aromatic heterocycles. The molecule has 1 fully saturated rings. The smallest absolute Gasteiger partial charge is 0.329 e. The van der Waals surface area contributed by atoms with Crippen molar-refractivity contribution in [3.8, 4) is 0 Å². The summed E-state index contributed by atoms with van der Waals surface area (Å²) in [7, 11) is 1.70. The van der Waals surface area contributed by atoms with Crippen LogP contribution in [-0.2, 0) is 4.79 Å². The fourth-order valence-corrected chi connectivity index (χ4v) is 2.46. The fraction of sp³-hybridized carbons (Fsp3) is 0.846. The largest absolute Gasteiger partial charge is 0.480 e. The molecule has 0 aromatic carbocycles. The van der Waals surface area contributed by atoms with Crippen molar-refractivity contribution in [2.45, 2.75) is 57.4 Å². The summed E-state index contributed by atoms with van der Waals surface area (Å²) < 4.78 is 0. The Morgan fingerprint density at radius 1 is 1.22 bits per heavy atom. The van der Waals surface area contributed by atoms with Crippen LogP contribution in [0.2, 0.25) is 0 Å². The third-order valence-electron chi connectivity index (χ3n) is 3.62. The number of carbonyl (C=O) groups is 2. The number of carbonyl (C=O) groups excluding carboxylic acids is 1. The van der Waals surface area contributed by atoms with Crippen molar-refractivity contribution >= 4 is 12.0 Å². The first-order chi connectivity index (χ1) is 8.52. The zero-order chi connectivity index (χ0) is 13.6. The Labute approximate surface area is 109 Å². The number of urea groups is 1. The van der Waals surface area contributed by atoms with Crippen molar-refractivity contribution in [2.75, 3.05) is 13.6 Å². The zero-order valence-corrected chi connectivity index (χ0v) is 11.4. The molecule has 1 aliphatic carbocycles. The number of rotatable bonds is 4. The second-order valence-corrected chi connectivity index (χ2v) is 5.15. The van der Waals surface area contributed by atoms with Gasteiger partial charge in [-0.15, -0.1) is 0 Å². The Hall–Kier alpha value is -1.26. The highest BCUT2D eigenvalue weighted by Gasteiger charge is 2.40. The first kappa shape index (κ1) is 14.8. The van der Waals surface area contributed by atoms with Crippen LogP contribution < -0.4 is 5.32 Å². The normalized spacial score (nSPS) is 18.8. The van der Waals surface area contributed by atoms with Gasteiger partial charge in [-0.05, 0) is 19.3 Å². The summed E-state index contributed by atoms with van der Waals surface area (Å²) in [4.78, 5) is 25.0. The van der Waals surface area contributed by atoms with Crippen LogP contribution >= 0.6 is 0 Å². The van der Waals surface area contributed by atoms with Crippen LogP contribution in [0.3, 0.4) is 0 Å². The molecule has 0 radical (unpaired) electrons. The van der Waals surface area contributed by atoms with Gasteiger partial charge in [-0.1, -0.05) is 32.6 Å². The van der Waals surface area contributed by atoms with E-state index in [0.29, 0.717) is 19.4 Å². The lowest BCUT2D eigenvalue weighted by atomic mass is 9.90. The maximum absolute atomic E-state index is 12.0. The van der Waals surface area contributed by atoms with Crippen LogP contribution in [0.5, 0.6) is 0 Å². The lowest BCUT2D eigenvalue weighted by Crippen LogP contribution is -2.57. The molecule has 5 heteroatoms. The average Bonchev–Trinajstić information content (AvgIpc) is 2.56. The van der Waals surface area contributed by atoms with Gasteiger partial charge in [0.2, 0.25) is 0 Å². The van der Waals surface area contributed by atoms with Crippen molar-refractivity contribution in [1.29, 1.82) is 0 Å². The molecule has 0 spiro atoms. The maximum atomic E-state index is 12.0. The monoisotopic (exact) mass is 256 g/mol. The number of nitrogens with one attached hydrogen (secondary N) is 1. The van der Waals surface area contributed by atoms with Crippen LogP contribution in [0.15, 0.2) is 0 Å². The van der Waals surface area contributed by atoms with Gasteiger partial charge in [0.25, 0.3) is 0 Å². The fourth-order valence-electron chi connectivity index (χ4n) is 2.46. The predicted octanol–water partition coefficient (Wildman–Crippen LogP) is 2.22. The summed E-state index contributed by atoms with van der Waals surface area (Å²) in [5.74, 6) is -0.900. The molecule has 1 aliphatic rings. The first-order valence-electron chi connectivity index (χ1n) is 6.78. The van der Waals surface area contributed by atoms with E-state index in [1.54, 1.807) is 11.9 Å². The Kier molecular flexibility index (Phi) is 5.44. The SMILES string of the molecule is CCCN(C)C(=O)NC1(C(=O)O)CCCCCC1. The van der Waals surface area contributed by atoms with Crippen LogP contribution in [0.4, 0.5) is 4.79 Å². The van der Waals surface area contributed by atoms with Gasteiger partial charge in [-0.2, -0.15) is 0 Å². The van der Waals surface area contributed by atoms with Crippen molar-refractivity contribution < 1.29 is 14.7 Å². The lowest BCUT2D eigenvalue weighted by Gasteiger charge is -2.31. The molecule has 5 nitrogen and oxygen atoms in total. The van der Waals surface area contributed by atoms with Gasteiger partial charge in [0.05, 0.1) is 0 Å². The number of hydrogen-bond acceptors (Lipinski definition) is 2. The Balaban J connectivity index is 2.72. The minimum Gasteiger partial charge on any atom is -0.480 e. The van der Waals surface area contributed by atoms with E-state index in [0.717, 1.165) is 32.1 Å². The topological polar surface area (TPSA) is 69.6 Å². The number of hydrogen-bond donors (Lipinski definition) is 2. The first-order valence-corrected chi connectivity index (χ1v) is 6.78. The number of nitrogens with zero attached hydrogens (tertiary/aromatic N) is 1. The van der Waals surface area contributed by atoms with Gasteiger partial charge in [-0.3, -0.25) is 0 Å². The van der Waals surface area contributed by atoms with E-state index in [9.17, 15) is 14.7 Å². The molecule has 2 N–H and O–H groups in total. The standard InChI is InChI=1S/C13H24N2O3/c1-3-10-15(2)12(18)14-13(11(16)17)8-6-4-5-7-9-13/h3-10H2,1-2H3,(H,14,18)(H,16,17). The third kappa shape index (κ3) is 3.62. The third-order valence-corrected chi connectivity index (χ3v) is 3.62. The molecular weight excluding hydrogens is 232 g/mol. The van der Waals surface area contributed by atoms with Crippen LogP contribution in [-0.4, -0.2) is 41.1 Å². The van der Waals surface area contributed by atoms with Crippen LogP contribution in [0, 0.1) is 0 Å². The average molecular weight is 256 g/mol. The second-order valence-electron chi connectivity index (χ2n) is 5.15. The summed E-state index contributed by atoms with van der Waals surface area (Å²) in [6, 6.07) is -0.277. The van der Waals surface area contributed by atoms with Crippen molar-refractivity contribution in [3.63, 3.8) is 0 Å². The minimum absolute atomic E-state index is 0.277. The van der Waals surface area contributed by atoms with Crippen LogP contribution in [0.25, 0.3) is 0 Å². The van der Waals surface area contributed by atoms with Gasteiger partial charge < -0.3 is 15.3 Å². The predicted molar refractivity (Wildman–Crippen MR) is 69.5 cm³/mol. The van der Waals surface area contributed by atoms with E-state index >= 15 is 0 Å². The Morgan fingerprint density at radius 2 is 1.78 bits per heavy atom. The molecule has 104 valence electrons. The summed E-state index contributed by atoms with van der Waals surface area (Å²) in [5.41, 5.74) is -1.06. The Morgan fingerprint density at radius 3 is 2.22 bits per heavy atom. The maximum Gasteiger partial charge on any atom is 0.329 e. The molecular formula is C13H24N2O3. The lowest BCUT2D eigenvalue weighted by molar-refractivity contribution is -0.145. The zero-order valence-electron chi connectivity index (χ0n) is 11.4. The molecule has 2 amide bonds. The number of amides is 2. The molecule has 0 aromatic rings. The van der Waals surface area contributed by atoms with E-state index in [1.165, 1.54) is 0 Å².